The quantitative estimate of drug-likeness (QED) is 0.622. The van der Waals surface area contributed by atoms with Crippen molar-refractivity contribution in [2.24, 2.45) is 0 Å². The molecule has 3 rings (SSSR count). The van der Waals surface area contributed by atoms with Crippen molar-refractivity contribution in [3.8, 4) is 0 Å². The number of nitrogens with zero attached hydrogens (tertiary/aromatic N) is 1. The van der Waals surface area contributed by atoms with Gasteiger partial charge in [-0.3, -0.25) is 4.98 Å². The molecule has 0 amide bonds. The highest BCUT2D eigenvalue weighted by Gasteiger charge is 2.01. The van der Waals surface area contributed by atoms with E-state index in [0.29, 0.717) is 5.52 Å². The third-order valence-corrected chi connectivity index (χ3v) is 3.09. The third-order valence-electron chi connectivity index (χ3n) is 3.09. The molecule has 0 fully saturated rings. The van der Waals surface area contributed by atoms with Crippen molar-refractivity contribution < 1.29 is 8.78 Å². The highest BCUT2D eigenvalue weighted by Crippen LogP contribution is 2.18. The molecule has 0 aliphatic heterocycles. The number of nitrogen functional groups attached to an aromatic ring is 1. The van der Waals surface area contributed by atoms with Crippen molar-refractivity contribution in [3.63, 3.8) is 0 Å². The number of aryl methyl sites for hydroxylation is 2. The Labute approximate surface area is 122 Å². The molecule has 4 heteroatoms. The van der Waals surface area contributed by atoms with Crippen LogP contribution in [0.2, 0.25) is 0 Å². The second kappa shape index (κ2) is 6.31. The molecule has 2 N–H and O–H groups in total. The number of fused-ring (bicyclic) bond motifs is 1. The summed E-state index contributed by atoms with van der Waals surface area (Å²) >= 11 is 0. The fraction of sp³-hybridized carbons (Fsp3) is 0.118. The highest BCUT2D eigenvalue weighted by molar-refractivity contribution is 5.82. The topological polar surface area (TPSA) is 38.9 Å². The summed E-state index contributed by atoms with van der Waals surface area (Å²) < 4.78 is 25.5. The maximum Gasteiger partial charge on any atom is 0.149 e. The van der Waals surface area contributed by atoms with Gasteiger partial charge in [0.25, 0.3) is 0 Å². The van der Waals surface area contributed by atoms with Gasteiger partial charge < -0.3 is 5.73 Å². The first-order valence-corrected chi connectivity index (χ1v) is 6.50. The zero-order valence-electron chi connectivity index (χ0n) is 11.9. The standard InChI is InChI=1S/C10H8FN.C7H8FN/c1-7-4-5-9(11)10-8(7)3-2-6-12-10;1-5-2-3-6(8)7(9)4-5/h2-6H,1H3;2-4H,9H2,1H3. The van der Waals surface area contributed by atoms with Crippen LogP contribution < -0.4 is 5.73 Å². The van der Waals surface area contributed by atoms with Gasteiger partial charge in [0.15, 0.2) is 0 Å². The Morgan fingerprint density at radius 3 is 2.29 bits per heavy atom. The molecule has 0 saturated heterocycles. The van der Waals surface area contributed by atoms with Crippen LogP contribution in [0.3, 0.4) is 0 Å². The van der Waals surface area contributed by atoms with E-state index in [1.165, 1.54) is 12.1 Å². The number of hydrogen-bond donors (Lipinski definition) is 1. The lowest BCUT2D eigenvalue weighted by molar-refractivity contribution is 0.632. The molecule has 0 aliphatic rings. The van der Waals surface area contributed by atoms with E-state index in [-0.39, 0.29) is 17.3 Å². The number of aromatic nitrogens is 1. The van der Waals surface area contributed by atoms with Gasteiger partial charge >= 0.3 is 0 Å². The van der Waals surface area contributed by atoms with Gasteiger partial charge in [-0.05, 0) is 49.2 Å². The van der Waals surface area contributed by atoms with Crippen LogP contribution in [0.25, 0.3) is 10.9 Å². The zero-order valence-corrected chi connectivity index (χ0v) is 11.9. The Kier molecular flexibility index (Phi) is 4.48. The van der Waals surface area contributed by atoms with Gasteiger partial charge in [0.05, 0.1) is 5.69 Å². The second-order valence-electron chi connectivity index (χ2n) is 4.79. The van der Waals surface area contributed by atoms with Gasteiger partial charge in [-0.25, -0.2) is 8.78 Å². The van der Waals surface area contributed by atoms with Crippen LogP contribution in [0.1, 0.15) is 11.1 Å². The molecule has 0 atom stereocenters. The summed E-state index contributed by atoms with van der Waals surface area (Å²) in [7, 11) is 0. The number of hydrogen-bond acceptors (Lipinski definition) is 2. The van der Waals surface area contributed by atoms with E-state index in [1.807, 2.05) is 26.0 Å². The number of pyridine rings is 1. The normalized spacial score (nSPS) is 10.1. The molecule has 0 spiro atoms. The van der Waals surface area contributed by atoms with Crippen LogP contribution in [0.15, 0.2) is 48.7 Å². The minimum atomic E-state index is -0.347. The Hall–Kier alpha value is -2.49. The summed E-state index contributed by atoms with van der Waals surface area (Å²) in [6.45, 7) is 3.82. The lowest BCUT2D eigenvalue weighted by atomic mass is 10.1. The minimum Gasteiger partial charge on any atom is -0.396 e. The van der Waals surface area contributed by atoms with E-state index >= 15 is 0 Å². The van der Waals surface area contributed by atoms with E-state index in [0.717, 1.165) is 16.5 Å². The lowest BCUT2D eigenvalue weighted by Crippen LogP contribution is -1.89. The molecule has 0 bridgehead atoms. The summed E-state index contributed by atoms with van der Waals surface area (Å²) in [5.41, 5.74) is 7.95. The van der Waals surface area contributed by atoms with Crippen LogP contribution in [0.4, 0.5) is 14.5 Å². The molecule has 0 unspecified atom stereocenters. The number of halogens is 2. The Balaban J connectivity index is 0.000000161. The lowest BCUT2D eigenvalue weighted by Gasteiger charge is -2.00. The Bertz CT molecular complexity index is 729. The van der Waals surface area contributed by atoms with Crippen molar-refractivity contribution in [3.05, 3.63) is 71.4 Å². The molecular formula is C17H16F2N2. The molecule has 108 valence electrons. The van der Waals surface area contributed by atoms with Gasteiger partial charge in [-0.15, -0.1) is 0 Å². The molecule has 1 heterocycles. The summed E-state index contributed by atoms with van der Waals surface area (Å²) in [6, 6.07) is 11.6. The molecule has 0 aliphatic carbocycles. The van der Waals surface area contributed by atoms with Crippen molar-refractivity contribution >= 4 is 16.6 Å². The van der Waals surface area contributed by atoms with E-state index in [4.69, 9.17) is 5.73 Å². The summed E-state index contributed by atoms with van der Waals surface area (Å²) in [5, 5.41) is 0.887. The Morgan fingerprint density at radius 2 is 1.67 bits per heavy atom. The SMILES string of the molecule is Cc1ccc(F)c(N)c1.Cc1ccc(F)c2ncccc12. The minimum absolute atomic E-state index is 0.218. The molecule has 0 radical (unpaired) electrons. The van der Waals surface area contributed by atoms with Crippen molar-refractivity contribution in [2.45, 2.75) is 13.8 Å². The van der Waals surface area contributed by atoms with E-state index in [9.17, 15) is 8.78 Å². The predicted molar refractivity (Wildman–Crippen MR) is 82.0 cm³/mol. The van der Waals surface area contributed by atoms with Gasteiger partial charge in [0, 0.05) is 11.6 Å². The first-order chi connectivity index (χ1) is 9.99. The van der Waals surface area contributed by atoms with Crippen LogP contribution in [0.5, 0.6) is 0 Å². The van der Waals surface area contributed by atoms with Gasteiger partial charge in [0.1, 0.15) is 17.2 Å². The maximum absolute atomic E-state index is 13.1. The molecule has 2 aromatic carbocycles. The van der Waals surface area contributed by atoms with Crippen LogP contribution in [0, 0.1) is 25.5 Å². The van der Waals surface area contributed by atoms with E-state index in [2.05, 4.69) is 4.98 Å². The molecular weight excluding hydrogens is 270 g/mol. The van der Waals surface area contributed by atoms with Crippen LogP contribution >= 0.6 is 0 Å². The number of rotatable bonds is 0. The second-order valence-corrected chi connectivity index (χ2v) is 4.79. The first-order valence-electron chi connectivity index (χ1n) is 6.50. The average molecular weight is 286 g/mol. The first kappa shape index (κ1) is 14.9. The van der Waals surface area contributed by atoms with Crippen molar-refractivity contribution in [2.75, 3.05) is 5.73 Å². The smallest absolute Gasteiger partial charge is 0.149 e. The number of benzene rings is 2. The van der Waals surface area contributed by atoms with Gasteiger partial charge in [0.2, 0.25) is 0 Å². The predicted octanol–water partition coefficient (Wildman–Crippen LogP) is 4.40. The molecule has 0 saturated carbocycles. The largest absolute Gasteiger partial charge is 0.396 e. The van der Waals surface area contributed by atoms with Crippen LogP contribution in [-0.4, -0.2) is 4.98 Å². The summed E-state index contributed by atoms with van der Waals surface area (Å²) in [4.78, 5) is 3.97. The summed E-state index contributed by atoms with van der Waals surface area (Å²) in [6.07, 6.45) is 1.60. The number of anilines is 1. The molecule has 3 aromatic rings. The molecule has 1 aromatic heterocycles. The highest BCUT2D eigenvalue weighted by atomic mass is 19.1. The zero-order chi connectivity index (χ0) is 15.4. The number of nitrogens with two attached hydrogens (primary N) is 1. The Morgan fingerprint density at radius 1 is 0.952 bits per heavy atom. The molecule has 2 nitrogen and oxygen atoms in total. The van der Waals surface area contributed by atoms with Crippen molar-refractivity contribution in [1.82, 2.24) is 4.98 Å². The fourth-order valence-corrected chi connectivity index (χ4v) is 1.94. The van der Waals surface area contributed by atoms with Gasteiger partial charge in [-0.1, -0.05) is 18.2 Å². The van der Waals surface area contributed by atoms with Crippen LogP contribution in [-0.2, 0) is 0 Å². The fourth-order valence-electron chi connectivity index (χ4n) is 1.94. The van der Waals surface area contributed by atoms with E-state index in [1.54, 1.807) is 24.4 Å². The maximum atomic E-state index is 13.1. The van der Waals surface area contributed by atoms with Gasteiger partial charge in [-0.2, -0.15) is 0 Å². The van der Waals surface area contributed by atoms with Crippen molar-refractivity contribution in [1.29, 1.82) is 0 Å². The van der Waals surface area contributed by atoms with E-state index < -0.39 is 0 Å². The molecule has 21 heavy (non-hydrogen) atoms. The monoisotopic (exact) mass is 286 g/mol. The average Bonchev–Trinajstić information content (AvgIpc) is 2.48. The third kappa shape index (κ3) is 3.54. The summed E-state index contributed by atoms with van der Waals surface area (Å²) in [5.74, 6) is -0.600.